The number of hydrogen-bond donors (Lipinski definition) is 0. The third-order valence-electron chi connectivity index (χ3n) is 6.30. The molecule has 172 valence electrons. The molecule has 1 heterocycles. The van der Waals surface area contributed by atoms with Gasteiger partial charge in [0.05, 0.1) is 16.8 Å². The second-order valence-electron chi connectivity index (χ2n) is 9.00. The van der Waals surface area contributed by atoms with Crippen molar-refractivity contribution < 1.29 is 9.53 Å². The van der Waals surface area contributed by atoms with Crippen LogP contribution in [0.2, 0.25) is 0 Å². The molecule has 0 amide bonds. The van der Waals surface area contributed by atoms with Gasteiger partial charge in [-0.2, -0.15) is 0 Å². The van der Waals surface area contributed by atoms with Gasteiger partial charge in [-0.3, -0.25) is 0 Å². The van der Waals surface area contributed by atoms with E-state index >= 15 is 0 Å². The maximum absolute atomic E-state index is 13.6. The predicted octanol–water partition coefficient (Wildman–Crippen LogP) is 7.64. The lowest BCUT2D eigenvalue weighted by Gasteiger charge is -2.16. The molecule has 0 aliphatic carbocycles. The van der Waals surface area contributed by atoms with E-state index in [1.54, 1.807) is 0 Å². The molecule has 0 aliphatic rings. The minimum absolute atomic E-state index is 0.368. The van der Waals surface area contributed by atoms with Gasteiger partial charge in [0.25, 0.3) is 0 Å². The summed E-state index contributed by atoms with van der Waals surface area (Å²) in [5.74, 6) is 0.162. The van der Waals surface area contributed by atoms with Gasteiger partial charge in [-0.25, -0.2) is 9.78 Å². The number of hydrogen-bond acceptors (Lipinski definition) is 3. The van der Waals surface area contributed by atoms with Crippen LogP contribution in [0.15, 0.2) is 97.1 Å². The first-order valence-corrected chi connectivity index (χ1v) is 11.8. The molecule has 0 saturated carbocycles. The molecule has 35 heavy (non-hydrogen) atoms. The molecule has 5 aromatic rings. The van der Waals surface area contributed by atoms with E-state index in [1.165, 1.54) is 11.1 Å². The van der Waals surface area contributed by atoms with Gasteiger partial charge in [-0.05, 0) is 67.6 Å². The van der Waals surface area contributed by atoms with Crippen molar-refractivity contribution in [1.29, 1.82) is 0 Å². The lowest BCUT2D eigenvalue weighted by atomic mass is 9.95. The molecule has 5 rings (SSSR count). The zero-order valence-corrected chi connectivity index (χ0v) is 20.2. The van der Waals surface area contributed by atoms with Gasteiger partial charge in [-0.15, -0.1) is 0 Å². The number of aromatic nitrogens is 1. The second-order valence-corrected chi connectivity index (χ2v) is 9.00. The van der Waals surface area contributed by atoms with Crippen LogP contribution in [-0.4, -0.2) is 11.0 Å². The Bertz CT molecular complexity index is 1510. The van der Waals surface area contributed by atoms with Crippen molar-refractivity contribution in [2.24, 2.45) is 0 Å². The van der Waals surface area contributed by atoms with Gasteiger partial charge in [-0.1, -0.05) is 84.4 Å². The van der Waals surface area contributed by atoms with Crippen LogP contribution in [0.4, 0.5) is 0 Å². The van der Waals surface area contributed by atoms with E-state index in [1.807, 2.05) is 99.6 Å². The molecule has 0 atom stereocenters. The number of carbonyl (C=O) groups excluding carboxylic acids is 1. The smallest absolute Gasteiger partial charge is 0.344 e. The third kappa shape index (κ3) is 4.71. The molecule has 0 N–H and O–H groups in total. The fourth-order valence-electron chi connectivity index (χ4n) is 4.62. The maximum atomic E-state index is 13.6. The van der Waals surface area contributed by atoms with Gasteiger partial charge in [0.2, 0.25) is 0 Å². The van der Waals surface area contributed by atoms with Crippen LogP contribution in [0.3, 0.4) is 0 Å². The Kier molecular flexibility index (Phi) is 6.15. The first kappa shape index (κ1) is 22.5. The molecule has 1 aromatic heterocycles. The van der Waals surface area contributed by atoms with Crippen LogP contribution in [0.5, 0.6) is 5.75 Å². The van der Waals surface area contributed by atoms with E-state index in [4.69, 9.17) is 9.72 Å². The first-order valence-electron chi connectivity index (χ1n) is 11.8. The van der Waals surface area contributed by atoms with E-state index in [2.05, 4.69) is 18.2 Å². The largest absolute Gasteiger partial charge is 0.423 e. The summed E-state index contributed by atoms with van der Waals surface area (Å²) >= 11 is 0. The lowest BCUT2D eigenvalue weighted by molar-refractivity contribution is 0.0736. The number of benzene rings is 4. The minimum atomic E-state index is -0.368. The number of pyridine rings is 1. The predicted molar refractivity (Wildman–Crippen MR) is 142 cm³/mol. The number of esters is 1. The van der Waals surface area contributed by atoms with Gasteiger partial charge in [0.15, 0.2) is 0 Å². The summed E-state index contributed by atoms with van der Waals surface area (Å²) in [6, 6.07) is 32.2. The third-order valence-corrected chi connectivity index (χ3v) is 6.30. The molecule has 0 bridgehead atoms. The van der Waals surface area contributed by atoms with Crippen LogP contribution >= 0.6 is 0 Å². The molecule has 0 unspecified atom stereocenters. The molecule has 0 fully saturated rings. The standard InChI is InChI=1S/C32H27NO2/c1-21-18-22(2)30-28(19-21)29(23(3)31(33-30)26-12-8-5-9-13-26)32(34)35-27-16-14-25(15-17-27)20-24-10-6-4-7-11-24/h4-19H,20H2,1-3H3. The highest BCUT2D eigenvalue weighted by Gasteiger charge is 2.22. The molecule has 0 saturated heterocycles. The highest BCUT2D eigenvalue weighted by Crippen LogP contribution is 2.32. The fourth-order valence-corrected chi connectivity index (χ4v) is 4.62. The van der Waals surface area contributed by atoms with Crippen molar-refractivity contribution in [1.82, 2.24) is 4.98 Å². The van der Waals surface area contributed by atoms with Crippen molar-refractivity contribution >= 4 is 16.9 Å². The molecule has 3 nitrogen and oxygen atoms in total. The summed E-state index contributed by atoms with van der Waals surface area (Å²) in [6.45, 7) is 6.02. The summed E-state index contributed by atoms with van der Waals surface area (Å²) in [7, 11) is 0. The summed E-state index contributed by atoms with van der Waals surface area (Å²) in [6.07, 6.45) is 0.835. The zero-order chi connectivity index (χ0) is 24.4. The molecular weight excluding hydrogens is 430 g/mol. The summed E-state index contributed by atoms with van der Waals surface area (Å²) < 4.78 is 5.90. The van der Waals surface area contributed by atoms with E-state index < -0.39 is 0 Å². The van der Waals surface area contributed by atoms with E-state index in [-0.39, 0.29) is 5.97 Å². The summed E-state index contributed by atoms with van der Waals surface area (Å²) in [4.78, 5) is 18.6. The van der Waals surface area contributed by atoms with Crippen LogP contribution in [0.25, 0.3) is 22.2 Å². The number of carbonyl (C=O) groups is 1. The summed E-state index contributed by atoms with van der Waals surface area (Å²) in [5.41, 5.74) is 8.52. The Morgan fingerprint density at radius 1 is 0.771 bits per heavy atom. The molecule has 4 aromatic carbocycles. The molecule has 3 heteroatoms. The quantitative estimate of drug-likeness (QED) is 0.201. The minimum Gasteiger partial charge on any atom is -0.423 e. The molecule has 0 radical (unpaired) electrons. The van der Waals surface area contributed by atoms with Crippen LogP contribution < -0.4 is 4.74 Å². The fraction of sp³-hybridized carbons (Fsp3) is 0.125. The van der Waals surface area contributed by atoms with E-state index in [0.717, 1.165) is 45.3 Å². The lowest BCUT2D eigenvalue weighted by Crippen LogP contribution is -2.13. The summed E-state index contributed by atoms with van der Waals surface area (Å²) in [5, 5.41) is 0.824. The molecular formula is C32H27NO2. The van der Waals surface area contributed by atoms with Gasteiger partial charge in [0, 0.05) is 10.9 Å². The van der Waals surface area contributed by atoms with Crippen molar-refractivity contribution in [2.75, 3.05) is 0 Å². The average Bonchev–Trinajstić information content (AvgIpc) is 2.86. The van der Waals surface area contributed by atoms with Crippen molar-refractivity contribution in [2.45, 2.75) is 27.2 Å². The number of aryl methyl sites for hydroxylation is 2. The average molecular weight is 458 g/mol. The Balaban J connectivity index is 1.52. The Morgan fingerprint density at radius 3 is 2.09 bits per heavy atom. The highest BCUT2D eigenvalue weighted by atomic mass is 16.5. The topological polar surface area (TPSA) is 39.2 Å². The molecule has 0 spiro atoms. The highest BCUT2D eigenvalue weighted by molar-refractivity contribution is 6.08. The zero-order valence-electron chi connectivity index (χ0n) is 20.2. The van der Waals surface area contributed by atoms with Crippen LogP contribution in [0.1, 0.15) is 38.2 Å². The first-order chi connectivity index (χ1) is 17.0. The van der Waals surface area contributed by atoms with Gasteiger partial charge in [0.1, 0.15) is 5.75 Å². The Labute approximate surface area is 206 Å². The number of fused-ring (bicyclic) bond motifs is 1. The second kappa shape index (κ2) is 9.55. The monoisotopic (exact) mass is 457 g/mol. The SMILES string of the molecule is Cc1cc(C)c2nc(-c3ccccc3)c(C)c(C(=O)Oc3ccc(Cc4ccccc4)cc3)c2c1. The van der Waals surface area contributed by atoms with Crippen LogP contribution in [-0.2, 0) is 6.42 Å². The maximum Gasteiger partial charge on any atom is 0.344 e. The van der Waals surface area contributed by atoms with E-state index in [9.17, 15) is 4.79 Å². The number of ether oxygens (including phenoxy) is 1. The van der Waals surface area contributed by atoms with Gasteiger partial charge >= 0.3 is 5.97 Å². The Hall–Kier alpha value is -4.24. The van der Waals surface area contributed by atoms with Crippen molar-refractivity contribution in [3.63, 3.8) is 0 Å². The number of rotatable bonds is 5. The Morgan fingerprint density at radius 2 is 1.40 bits per heavy atom. The van der Waals surface area contributed by atoms with Crippen LogP contribution in [0, 0.1) is 20.8 Å². The molecule has 0 aliphatic heterocycles. The normalized spacial score (nSPS) is 10.9. The van der Waals surface area contributed by atoms with Crippen molar-refractivity contribution in [3.8, 4) is 17.0 Å². The van der Waals surface area contributed by atoms with Crippen molar-refractivity contribution in [3.05, 3.63) is 130 Å². The number of nitrogens with zero attached hydrogens (tertiary/aromatic N) is 1. The van der Waals surface area contributed by atoms with Gasteiger partial charge < -0.3 is 4.74 Å². The van der Waals surface area contributed by atoms with E-state index in [0.29, 0.717) is 11.3 Å².